The number of hydrogen-bond donors (Lipinski definition) is 1. The van der Waals surface area contributed by atoms with Gasteiger partial charge >= 0.3 is 5.97 Å². The van der Waals surface area contributed by atoms with Crippen LogP contribution in [0.4, 0.5) is 11.4 Å². The van der Waals surface area contributed by atoms with Crippen molar-refractivity contribution in [1.29, 1.82) is 0 Å². The number of carbonyl (C=O) groups excluding carboxylic acids is 2. The topological polar surface area (TPSA) is 84.4 Å². The number of hydrogen-bond acceptors (Lipinski definition) is 6. The number of halogens is 1. The summed E-state index contributed by atoms with van der Waals surface area (Å²) in [6.45, 7) is 6.86. The summed E-state index contributed by atoms with van der Waals surface area (Å²) < 4.78 is 5.06. The highest BCUT2D eigenvalue weighted by Crippen LogP contribution is 2.31. The molecule has 0 spiro atoms. The van der Waals surface area contributed by atoms with Crippen molar-refractivity contribution >= 4 is 46.7 Å². The second-order valence-corrected chi connectivity index (χ2v) is 8.14. The third-order valence-electron chi connectivity index (χ3n) is 5.83. The minimum absolute atomic E-state index is 0. The molecule has 3 heterocycles. The highest BCUT2D eigenvalue weighted by atomic mass is 35.5. The Morgan fingerprint density at radius 2 is 1.91 bits per heavy atom. The number of rotatable bonds is 5. The average molecular weight is 469 g/mol. The van der Waals surface area contributed by atoms with Crippen LogP contribution < -0.4 is 5.32 Å². The molecule has 8 heteroatoms. The maximum atomic E-state index is 13.5. The van der Waals surface area contributed by atoms with Crippen molar-refractivity contribution in [1.82, 2.24) is 14.9 Å². The Bertz CT molecular complexity index is 1150. The monoisotopic (exact) mass is 468 g/mol. The molecule has 1 atom stereocenters. The zero-order valence-corrected chi connectivity index (χ0v) is 19.9. The van der Waals surface area contributed by atoms with Crippen LogP contribution in [-0.4, -0.2) is 45.9 Å². The molecule has 1 N–H and O–H groups in total. The Morgan fingerprint density at radius 3 is 2.61 bits per heavy atom. The molecule has 1 amide bonds. The molecule has 1 aromatic carbocycles. The number of likely N-dealkylation sites (tertiary alicyclic amines) is 1. The van der Waals surface area contributed by atoms with Gasteiger partial charge in [-0.05, 0) is 76.4 Å². The van der Waals surface area contributed by atoms with Crippen LogP contribution in [0.2, 0.25) is 0 Å². The third kappa shape index (κ3) is 5.25. The van der Waals surface area contributed by atoms with Crippen LogP contribution in [0.3, 0.4) is 0 Å². The molecule has 1 saturated heterocycles. The summed E-state index contributed by atoms with van der Waals surface area (Å²) in [5.74, 6) is -0.388. The maximum Gasteiger partial charge on any atom is 0.338 e. The maximum absolute atomic E-state index is 13.5. The normalized spacial score (nSPS) is 15.6. The zero-order valence-electron chi connectivity index (χ0n) is 19.1. The van der Waals surface area contributed by atoms with E-state index in [1.165, 1.54) is 0 Å². The standard InChI is InChI=1S/C25H28N4O3.ClH/c1-4-32-25(31)18-9-11-19(12-10-18)28-22-20-13-8-16(2)27-23(20)26-15-21(22)24(30)29-14-6-5-7-17(29)3;/h8-13,15,17H,4-7,14H2,1-3H3,(H,26,27,28);1H. The predicted octanol–water partition coefficient (Wildman–Crippen LogP) is 5.29. The fourth-order valence-corrected chi connectivity index (χ4v) is 4.07. The summed E-state index contributed by atoms with van der Waals surface area (Å²) in [6, 6.07) is 11.1. The Hall–Kier alpha value is -3.19. The van der Waals surface area contributed by atoms with Gasteiger partial charge in [-0.25, -0.2) is 14.8 Å². The number of amides is 1. The zero-order chi connectivity index (χ0) is 22.7. The van der Waals surface area contributed by atoms with E-state index in [1.54, 1.807) is 37.4 Å². The van der Waals surface area contributed by atoms with Gasteiger partial charge in [0.25, 0.3) is 5.91 Å². The molecular formula is C25H29ClN4O3. The van der Waals surface area contributed by atoms with Crippen molar-refractivity contribution in [3.63, 3.8) is 0 Å². The minimum atomic E-state index is -0.358. The van der Waals surface area contributed by atoms with Gasteiger partial charge in [0.1, 0.15) is 0 Å². The first-order valence-corrected chi connectivity index (χ1v) is 11.1. The first-order valence-electron chi connectivity index (χ1n) is 11.1. The molecule has 33 heavy (non-hydrogen) atoms. The summed E-state index contributed by atoms with van der Waals surface area (Å²) >= 11 is 0. The number of benzene rings is 1. The number of pyridine rings is 2. The largest absolute Gasteiger partial charge is 0.462 e. The molecule has 1 unspecified atom stereocenters. The highest BCUT2D eigenvalue weighted by Gasteiger charge is 2.27. The van der Waals surface area contributed by atoms with Crippen LogP contribution >= 0.6 is 12.4 Å². The summed E-state index contributed by atoms with van der Waals surface area (Å²) in [6.07, 6.45) is 4.78. The molecule has 4 rings (SSSR count). The molecule has 1 aliphatic rings. The summed E-state index contributed by atoms with van der Waals surface area (Å²) in [7, 11) is 0. The molecule has 174 valence electrons. The van der Waals surface area contributed by atoms with E-state index in [0.717, 1.165) is 42.6 Å². The van der Waals surface area contributed by atoms with Crippen molar-refractivity contribution in [2.75, 3.05) is 18.5 Å². The van der Waals surface area contributed by atoms with Crippen LogP contribution in [0.15, 0.2) is 42.6 Å². The van der Waals surface area contributed by atoms with Crippen molar-refractivity contribution in [2.45, 2.75) is 46.1 Å². The van der Waals surface area contributed by atoms with Crippen molar-refractivity contribution in [2.24, 2.45) is 0 Å². The van der Waals surface area contributed by atoms with Crippen LogP contribution in [-0.2, 0) is 4.74 Å². The molecule has 7 nitrogen and oxygen atoms in total. The second-order valence-electron chi connectivity index (χ2n) is 8.14. The fraction of sp³-hybridized carbons (Fsp3) is 0.360. The summed E-state index contributed by atoms with van der Waals surface area (Å²) in [5.41, 5.74) is 3.87. The number of esters is 1. The number of carbonyl (C=O) groups is 2. The van der Waals surface area contributed by atoms with Gasteiger partial charge in [0.05, 0.1) is 23.4 Å². The predicted molar refractivity (Wildman–Crippen MR) is 132 cm³/mol. The lowest BCUT2D eigenvalue weighted by Crippen LogP contribution is -2.42. The van der Waals surface area contributed by atoms with Gasteiger partial charge in [-0.2, -0.15) is 0 Å². The molecule has 1 fully saturated rings. The number of piperidine rings is 1. The Kier molecular flexibility index (Phi) is 7.87. The number of nitrogens with one attached hydrogen (secondary N) is 1. The lowest BCUT2D eigenvalue weighted by molar-refractivity contribution is 0.0525. The van der Waals surface area contributed by atoms with E-state index in [9.17, 15) is 9.59 Å². The van der Waals surface area contributed by atoms with Crippen LogP contribution in [0, 0.1) is 6.92 Å². The van der Waals surface area contributed by atoms with Crippen LogP contribution in [0.5, 0.6) is 0 Å². The first-order chi connectivity index (χ1) is 15.5. The summed E-state index contributed by atoms with van der Waals surface area (Å²) in [4.78, 5) is 36.4. The number of nitrogens with zero attached hydrogens (tertiary/aromatic N) is 3. The van der Waals surface area contributed by atoms with Gasteiger partial charge in [0, 0.05) is 35.6 Å². The Morgan fingerprint density at radius 1 is 1.15 bits per heavy atom. The number of aromatic nitrogens is 2. The van der Waals surface area contributed by atoms with E-state index >= 15 is 0 Å². The molecule has 0 radical (unpaired) electrons. The quantitative estimate of drug-likeness (QED) is 0.512. The molecule has 1 aliphatic heterocycles. The lowest BCUT2D eigenvalue weighted by Gasteiger charge is -2.34. The van der Waals surface area contributed by atoms with Gasteiger partial charge in [-0.3, -0.25) is 4.79 Å². The smallest absolute Gasteiger partial charge is 0.338 e. The molecule has 0 bridgehead atoms. The Labute approximate surface area is 200 Å². The van der Waals surface area contributed by atoms with Gasteiger partial charge in [-0.15, -0.1) is 12.4 Å². The van der Waals surface area contributed by atoms with Crippen LogP contribution in [0.1, 0.15) is 59.5 Å². The second kappa shape index (κ2) is 10.6. The molecule has 2 aromatic heterocycles. The number of fused-ring (bicyclic) bond motifs is 1. The lowest BCUT2D eigenvalue weighted by atomic mass is 10.0. The van der Waals surface area contributed by atoms with Gasteiger partial charge in [0.15, 0.2) is 5.65 Å². The Balaban J connectivity index is 0.00000306. The molecule has 3 aromatic rings. The van der Waals surface area contributed by atoms with E-state index in [2.05, 4.69) is 22.2 Å². The van der Waals surface area contributed by atoms with E-state index < -0.39 is 0 Å². The van der Waals surface area contributed by atoms with E-state index in [1.807, 2.05) is 24.0 Å². The number of aryl methyl sites for hydroxylation is 1. The van der Waals surface area contributed by atoms with Gasteiger partial charge in [-0.1, -0.05) is 0 Å². The van der Waals surface area contributed by atoms with Gasteiger partial charge in [0.2, 0.25) is 0 Å². The third-order valence-corrected chi connectivity index (χ3v) is 5.83. The molecule has 0 aliphatic carbocycles. The average Bonchev–Trinajstić information content (AvgIpc) is 2.79. The first kappa shape index (κ1) is 24.5. The number of anilines is 2. The minimum Gasteiger partial charge on any atom is -0.462 e. The highest BCUT2D eigenvalue weighted by molar-refractivity contribution is 6.07. The summed E-state index contributed by atoms with van der Waals surface area (Å²) in [5, 5.41) is 4.17. The van der Waals surface area contributed by atoms with Crippen molar-refractivity contribution < 1.29 is 14.3 Å². The fourth-order valence-electron chi connectivity index (χ4n) is 4.07. The molecular weight excluding hydrogens is 440 g/mol. The van der Waals surface area contributed by atoms with Crippen LogP contribution in [0.25, 0.3) is 11.0 Å². The van der Waals surface area contributed by atoms with Crippen molar-refractivity contribution in [3.05, 3.63) is 59.4 Å². The van der Waals surface area contributed by atoms with E-state index in [-0.39, 0.29) is 30.3 Å². The number of ether oxygens (including phenoxy) is 1. The van der Waals surface area contributed by atoms with Gasteiger partial charge < -0.3 is 15.0 Å². The molecule has 0 saturated carbocycles. The SMILES string of the molecule is CCOC(=O)c1ccc(Nc2c(C(=O)N3CCCCC3C)cnc3nc(C)ccc23)cc1.Cl. The van der Waals surface area contributed by atoms with Crippen molar-refractivity contribution in [3.8, 4) is 0 Å². The van der Waals surface area contributed by atoms with E-state index in [4.69, 9.17) is 4.74 Å². The van der Waals surface area contributed by atoms with E-state index in [0.29, 0.717) is 29.1 Å².